The number of pyridine rings is 1. The van der Waals surface area contributed by atoms with Crippen molar-refractivity contribution in [3.8, 4) is 6.07 Å². The van der Waals surface area contributed by atoms with Crippen LogP contribution in [0.3, 0.4) is 0 Å². The smallest absolute Gasteiger partial charge is 0.123 e. The minimum absolute atomic E-state index is 0.0575. The van der Waals surface area contributed by atoms with Gasteiger partial charge >= 0.3 is 0 Å². The molecular weight excluding hydrogens is 476 g/mol. The molecular formula is C26H24BClFN7. The molecule has 7 nitrogen and oxygen atoms in total. The van der Waals surface area contributed by atoms with Gasteiger partial charge in [0.2, 0.25) is 0 Å². The van der Waals surface area contributed by atoms with Crippen LogP contribution in [0.4, 0.5) is 15.8 Å². The minimum atomic E-state index is -1.24. The Morgan fingerprint density at radius 1 is 1.28 bits per heavy atom. The standard InChI is InChI=1S/C26H24BClFN7/c1-25(8-9-25)33-23-15(12-30)13-31-24-20(23)10-18(11-21(24)28)32-26(27,16-2-4-17(29)5-3-16)22-14-36(35-34-22)19-6-7-19/h2-5,10-11,13-14,19,32,34-35H,6-9H2,1H3,(H,31,33). The number of hydrogen-bond donors (Lipinski definition) is 4. The van der Waals surface area contributed by atoms with Gasteiger partial charge in [-0.1, -0.05) is 23.7 Å². The Morgan fingerprint density at radius 2 is 2.03 bits per heavy atom. The molecule has 3 aromatic rings. The quantitative estimate of drug-likeness (QED) is 0.353. The summed E-state index contributed by atoms with van der Waals surface area (Å²) in [5.74, 6) is -0.347. The van der Waals surface area contributed by atoms with E-state index in [0.29, 0.717) is 44.8 Å². The van der Waals surface area contributed by atoms with Crippen molar-refractivity contribution >= 4 is 41.7 Å². The first-order valence-electron chi connectivity index (χ1n) is 11.9. The minimum Gasteiger partial charge on any atom is -0.378 e. The van der Waals surface area contributed by atoms with Crippen molar-refractivity contribution in [2.75, 3.05) is 10.6 Å². The van der Waals surface area contributed by atoms with Crippen LogP contribution >= 0.6 is 11.6 Å². The van der Waals surface area contributed by atoms with Gasteiger partial charge in [0, 0.05) is 35.1 Å². The third kappa shape index (κ3) is 4.10. The van der Waals surface area contributed by atoms with Crippen molar-refractivity contribution < 1.29 is 4.39 Å². The molecule has 1 aliphatic heterocycles. The lowest BCUT2D eigenvalue weighted by Gasteiger charge is -2.34. The van der Waals surface area contributed by atoms with E-state index < -0.39 is 5.44 Å². The number of halogens is 2. The average Bonchev–Trinajstić information content (AvgIpc) is 3.78. The SMILES string of the molecule is [B]C(Nc1cc(Cl)c2ncc(C#N)c(NC3(C)CC3)c2c1)(C1=CN(C2CC2)NN1)c1ccc(F)cc1. The predicted octanol–water partition coefficient (Wildman–Crippen LogP) is 4.63. The van der Waals surface area contributed by atoms with Crippen LogP contribution in [-0.2, 0) is 5.44 Å². The highest BCUT2D eigenvalue weighted by Crippen LogP contribution is 2.43. The fourth-order valence-electron chi connectivity index (χ4n) is 4.48. The highest BCUT2D eigenvalue weighted by molar-refractivity contribution is 6.36. The van der Waals surface area contributed by atoms with Gasteiger partial charge in [-0.15, -0.1) is 5.53 Å². The van der Waals surface area contributed by atoms with Crippen LogP contribution in [0.15, 0.2) is 54.5 Å². The van der Waals surface area contributed by atoms with E-state index in [4.69, 9.17) is 19.4 Å². The first-order valence-corrected chi connectivity index (χ1v) is 12.3. The topological polar surface area (TPSA) is 88.0 Å². The number of rotatable bonds is 7. The summed E-state index contributed by atoms with van der Waals surface area (Å²) in [5, 5.41) is 19.9. The lowest BCUT2D eigenvalue weighted by molar-refractivity contribution is 0.260. The van der Waals surface area contributed by atoms with Crippen LogP contribution < -0.4 is 21.6 Å². The van der Waals surface area contributed by atoms with E-state index in [1.807, 2.05) is 17.3 Å². The Hall–Kier alpha value is -3.48. The van der Waals surface area contributed by atoms with Crippen LogP contribution in [0, 0.1) is 17.1 Å². The van der Waals surface area contributed by atoms with Crippen molar-refractivity contribution in [2.24, 2.45) is 0 Å². The Bertz CT molecular complexity index is 1430. The first kappa shape index (κ1) is 23.0. The Labute approximate surface area is 215 Å². The predicted molar refractivity (Wildman–Crippen MR) is 139 cm³/mol. The van der Waals surface area contributed by atoms with Crippen molar-refractivity contribution in [2.45, 2.75) is 49.6 Å². The maximum Gasteiger partial charge on any atom is 0.123 e. The van der Waals surface area contributed by atoms with Gasteiger partial charge in [0.25, 0.3) is 0 Å². The lowest BCUT2D eigenvalue weighted by Crippen LogP contribution is -2.45. The molecule has 2 saturated carbocycles. The monoisotopic (exact) mass is 499 g/mol. The van der Waals surface area contributed by atoms with Crippen LogP contribution in [-0.4, -0.2) is 29.4 Å². The van der Waals surface area contributed by atoms with E-state index in [2.05, 4.69) is 39.6 Å². The second-order valence-corrected chi connectivity index (χ2v) is 10.5. The van der Waals surface area contributed by atoms with Crippen molar-refractivity contribution in [3.05, 3.63) is 76.5 Å². The van der Waals surface area contributed by atoms with Gasteiger partial charge in [0.05, 0.1) is 32.9 Å². The van der Waals surface area contributed by atoms with Gasteiger partial charge in [-0.3, -0.25) is 9.99 Å². The molecule has 3 aliphatic rings. The summed E-state index contributed by atoms with van der Waals surface area (Å²) in [5.41, 5.74) is 8.75. The fourth-order valence-corrected chi connectivity index (χ4v) is 4.75. The summed E-state index contributed by atoms with van der Waals surface area (Å²) in [6.45, 7) is 2.13. The number of anilines is 2. The summed E-state index contributed by atoms with van der Waals surface area (Å²) in [7, 11) is 7.03. The van der Waals surface area contributed by atoms with Crippen LogP contribution in [0.25, 0.3) is 10.9 Å². The molecule has 36 heavy (non-hydrogen) atoms. The zero-order valence-electron chi connectivity index (χ0n) is 19.7. The molecule has 0 spiro atoms. The Kier molecular flexibility index (Phi) is 5.29. The molecule has 2 aromatic carbocycles. The zero-order valence-corrected chi connectivity index (χ0v) is 20.5. The van der Waals surface area contributed by atoms with E-state index in [0.717, 1.165) is 31.1 Å². The number of benzene rings is 2. The van der Waals surface area contributed by atoms with Crippen LogP contribution in [0.5, 0.6) is 0 Å². The second kappa shape index (κ2) is 8.29. The van der Waals surface area contributed by atoms with Crippen LogP contribution in [0.2, 0.25) is 5.02 Å². The maximum atomic E-state index is 13.8. The van der Waals surface area contributed by atoms with E-state index in [1.54, 1.807) is 24.4 Å². The molecule has 1 atom stereocenters. The molecule has 2 heterocycles. The van der Waals surface area contributed by atoms with E-state index in [-0.39, 0.29) is 11.4 Å². The molecule has 10 heteroatoms. The molecule has 1 unspecified atom stereocenters. The number of nitrogens with one attached hydrogen (secondary N) is 4. The van der Waals surface area contributed by atoms with Gasteiger partial charge in [0.1, 0.15) is 19.7 Å². The number of nitriles is 1. The van der Waals surface area contributed by atoms with Crippen molar-refractivity contribution in [1.29, 1.82) is 5.26 Å². The third-order valence-electron chi connectivity index (χ3n) is 7.07. The van der Waals surface area contributed by atoms with E-state index in [9.17, 15) is 9.65 Å². The molecule has 2 fully saturated rings. The van der Waals surface area contributed by atoms with E-state index >= 15 is 0 Å². The van der Waals surface area contributed by atoms with Crippen molar-refractivity contribution in [3.63, 3.8) is 0 Å². The summed E-state index contributed by atoms with van der Waals surface area (Å²) >= 11 is 6.69. The molecule has 2 radical (unpaired) electrons. The molecule has 0 amide bonds. The summed E-state index contributed by atoms with van der Waals surface area (Å²) in [6.07, 6.45) is 7.73. The van der Waals surface area contributed by atoms with Crippen LogP contribution in [0.1, 0.15) is 43.7 Å². The number of aromatic nitrogens is 1. The summed E-state index contributed by atoms with van der Waals surface area (Å²) in [4.78, 5) is 4.45. The highest BCUT2D eigenvalue weighted by Gasteiger charge is 2.39. The molecule has 6 rings (SSSR count). The lowest BCUT2D eigenvalue weighted by atomic mass is 9.69. The molecule has 1 aromatic heterocycles. The second-order valence-electron chi connectivity index (χ2n) is 10.1. The summed E-state index contributed by atoms with van der Waals surface area (Å²) in [6, 6.07) is 12.4. The normalized spacial score (nSPS) is 19.7. The molecule has 0 bridgehead atoms. The number of hydrogen-bond acceptors (Lipinski definition) is 7. The fraction of sp³-hybridized carbons (Fsp3) is 0.308. The van der Waals surface area contributed by atoms with Gasteiger partial charge in [-0.2, -0.15) is 5.26 Å². The Balaban J connectivity index is 1.45. The zero-order chi connectivity index (χ0) is 25.1. The largest absolute Gasteiger partial charge is 0.378 e. The molecule has 0 saturated heterocycles. The van der Waals surface area contributed by atoms with Gasteiger partial charge in [0.15, 0.2) is 0 Å². The highest BCUT2D eigenvalue weighted by atomic mass is 35.5. The molecule has 2 aliphatic carbocycles. The van der Waals surface area contributed by atoms with Gasteiger partial charge in [-0.05, 0) is 62.4 Å². The first-order chi connectivity index (χ1) is 17.3. The third-order valence-corrected chi connectivity index (χ3v) is 7.35. The number of nitrogens with zero attached hydrogens (tertiary/aromatic N) is 3. The van der Waals surface area contributed by atoms with Gasteiger partial charge < -0.3 is 16.1 Å². The van der Waals surface area contributed by atoms with Gasteiger partial charge in [-0.25, -0.2) is 4.39 Å². The Morgan fingerprint density at radius 3 is 2.69 bits per heavy atom. The number of hydrazine groups is 2. The van der Waals surface area contributed by atoms with Crippen molar-refractivity contribution in [1.82, 2.24) is 21.0 Å². The maximum absolute atomic E-state index is 13.8. The molecule has 4 N–H and O–H groups in total. The van der Waals surface area contributed by atoms with E-state index in [1.165, 1.54) is 12.1 Å². The summed E-state index contributed by atoms with van der Waals surface area (Å²) < 4.78 is 13.8. The average molecular weight is 500 g/mol. The molecule has 180 valence electrons. The number of fused-ring (bicyclic) bond motifs is 1.